The zero-order chi connectivity index (χ0) is 24.1. The fourth-order valence-corrected chi connectivity index (χ4v) is 4.01. The Morgan fingerprint density at radius 1 is 0.941 bits per heavy atom. The SMILES string of the molecule is CC(C)COc1ccc(Nc2ncc(C(F)(F)F)c(Nc3ccc(C4CCCC4)cc3)n2)cc1. The molecule has 8 heteroatoms. The maximum absolute atomic E-state index is 13.6. The molecule has 1 saturated carbocycles. The number of nitrogens with one attached hydrogen (secondary N) is 2. The smallest absolute Gasteiger partial charge is 0.421 e. The van der Waals surface area contributed by atoms with E-state index in [0.717, 1.165) is 24.8 Å². The van der Waals surface area contributed by atoms with Crippen molar-refractivity contribution in [1.29, 1.82) is 0 Å². The molecule has 0 radical (unpaired) electrons. The molecule has 0 aliphatic heterocycles. The lowest BCUT2D eigenvalue weighted by Crippen LogP contribution is -2.12. The quantitative estimate of drug-likeness (QED) is 0.354. The zero-order valence-corrected chi connectivity index (χ0v) is 19.3. The Labute approximate surface area is 197 Å². The third-order valence-corrected chi connectivity index (χ3v) is 5.79. The van der Waals surface area contributed by atoms with E-state index >= 15 is 0 Å². The van der Waals surface area contributed by atoms with Gasteiger partial charge in [-0.3, -0.25) is 0 Å². The Morgan fingerprint density at radius 2 is 1.56 bits per heavy atom. The number of benzene rings is 2. The Balaban J connectivity index is 1.51. The molecule has 1 heterocycles. The van der Waals surface area contributed by atoms with E-state index in [2.05, 4.69) is 34.4 Å². The molecule has 4 rings (SSSR count). The number of anilines is 4. The van der Waals surface area contributed by atoms with E-state index in [1.807, 2.05) is 12.1 Å². The summed E-state index contributed by atoms with van der Waals surface area (Å²) in [7, 11) is 0. The Morgan fingerprint density at radius 3 is 2.18 bits per heavy atom. The van der Waals surface area contributed by atoms with Crippen LogP contribution in [0.25, 0.3) is 0 Å². The van der Waals surface area contributed by atoms with Gasteiger partial charge in [0.05, 0.1) is 6.61 Å². The molecule has 0 bridgehead atoms. The zero-order valence-electron chi connectivity index (χ0n) is 19.3. The number of aromatic nitrogens is 2. The van der Waals surface area contributed by atoms with Crippen LogP contribution in [0.1, 0.15) is 56.6 Å². The van der Waals surface area contributed by atoms with Crippen molar-refractivity contribution in [2.45, 2.75) is 51.6 Å². The highest BCUT2D eigenvalue weighted by Gasteiger charge is 2.35. The van der Waals surface area contributed by atoms with Gasteiger partial charge in [0.2, 0.25) is 5.95 Å². The van der Waals surface area contributed by atoms with Crippen LogP contribution in [0.15, 0.2) is 54.7 Å². The largest absolute Gasteiger partial charge is 0.493 e. The molecule has 1 aliphatic rings. The Kier molecular flexibility index (Phi) is 7.24. The lowest BCUT2D eigenvalue weighted by Gasteiger charge is -2.16. The first kappa shape index (κ1) is 23.9. The molecule has 1 aromatic heterocycles. The maximum Gasteiger partial charge on any atom is 0.421 e. The molecule has 2 N–H and O–H groups in total. The van der Waals surface area contributed by atoms with E-state index < -0.39 is 11.7 Å². The predicted octanol–water partition coefficient (Wildman–Crippen LogP) is 7.68. The third kappa shape index (κ3) is 6.18. The first-order valence-electron chi connectivity index (χ1n) is 11.6. The van der Waals surface area contributed by atoms with Gasteiger partial charge in [0.15, 0.2) is 0 Å². The lowest BCUT2D eigenvalue weighted by molar-refractivity contribution is -0.137. The van der Waals surface area contributed by atoms with E-state index in [1.165, 1.54) is 18.4 Å². The van der Waals surface area contributed by atoms with Gasteiger partial charge < -0.3 is 15.4 Å². The molecule has 0 atom stereocenters. The van der Waals surface area contributed by atoms with Crippen LogP contribution in [0.2, 0.25) is 0 Å². The minimum atomic E-state index is -4.58. The molecule has 180 valence electrons. The molecule has 2 aromatic carbocycles. The van der Waals surface area contributed by atoms with Crippen molar-refractivity contribution in [2.24, 2.45) is 5.92 Å². The van der Waals surface area contributed by atoms with Gasteiger partial charge in [0, 0.05) is 17.6 Å². The number of hydrogen-bond donors (Lipinski definition) is 2. The molecule has 5 nitrogen and oxygen atoms in total. The van der Waals surface area contributed by atoms with Gasteiger partial charge in [0.25, 0.3) is 0 Å². The summed E-state index contributed by atoms with van der Waals surface area (Å²) in [6.45, 7) is 4.73. The van der Waals surface area contributed by atoms with E-state index in [0.29, 0.717) is 29.8 Å². The molecular weight excluding hydrogens is 441 g/mol. The third-order valence-electron chi connectivity index (χ3n) is 5.79. The summed E-state index contributed by atoms with van der Waals surface area (Å²) in [5, 5.41) is 5.79. The predicted molar refractivity (Wildman–Crippen MR) is 128 cm³/mol. The van der Waals surface area contributed by atoms with Crippen LogP contribution >= 0.6 is 0 Å². The highest BCUT2D eigenvalue weighted by Crippen LogP contribution is 2.37. The van der Waals surface area contributed by atoms with Gasteiger partial charge >= 0.3 is 6.18 Å². The van der Waals surface area contributed by atoms with Gasteiger partial charge in [-0.15, -0.1) is 0 Å². The molecule has 3 aromatic rings. The van der Waals surface area contributed by atoms with E-state index in [4.69, 9.17) is 4.74 Å². The van der Waals surface area contributed by atoms with Crippen molar-refractivity contribution < 1.29 is 17.9 Å². The van der Waals surface area contributed by atoms with Crippen molar-refractivity contribution >= 4 is 23.1 Å². The van der Waals surface area contributed by atoms with Gasteiger partial charge in [-0.2, -0.15) is 18.2 Å². The summed E-state index contributed by atoms with van der Waals surface area (Å²) in [6.07, 6.45) is 0.992. The van der Waals surface area contributed by atoms with Gasteiger partial charge in [-0.1, -0.05) is 38.8 Å². The highest BCUT2D eigenvalue weighted by atomic mass is 19.4. The summed E-state index contributed by atoms with van der Waals surface area (Å²) in [5.41, 5.74) is 1.49. The molecule has 34 heavy (non-hydrogen) atoms. The second-order valence-corrected chi connectivity index (χ2v) is 9.04. The summed E-state index contributed by atoms with van der Waals surface area (Å²) in [6, 6.07) is 14.7. The molecule has 0 spiro atoms. The molecule has 0 amide bonds. The van der Waals surface area contributed by atoms with Crippen LogP contribution in [0, 0.1) is 5.92 Å². The molecule has 0 unspecified atom stereocenters. The Hall–Kier alpha value is -3.29. The van der Waals surface area contributed by atoms with E-state index in [1.54, 1.807) is 36.4 Å². The molecule has 1 fully saturated rings. The van der Waals surface area contributed by atoms with Gasteiger partial charge in [-0.05, 0) is 66.6 Å². The molecule has 1 aliphatic carbocycles. The number of hydrogen-bond acceptors (Lipinski definition) is 5. The number of halogens is 3. The average molecular weight is 471 g/mol. The fourth-order valence-electron chi connectivity index (χ4n) is 4.01. The minimum absolute atomic E-state index is 0.0638. The van der Waals surface area contributed by atoms with Crippen molar-refractivity contribution in [2.75, 3.05) is 17.2 Å². The van der Waals surface area contributed by atoms with Crippen molar-refractivity contribution in [1.82, 2.24) is 9.97 Å². The Bertz CT molecular complexity index is 1080. The number of nitrogens with zero attached hydrogens (tertiary/aromatic N) is 2. The first-order valence-corrected chi connectivity index (χ1v) is 11.6. The normalized spacial score (nSPS) is 14.4. The van der Waals surface area contributed by atoms with Gasteiger partial charge in [-0.25, -0.2) is 4.98 Å². The average Bonchev–Trinajstić information content (AvgIpc) is 3.33. The molecule has 0 saturated heterocycles. The fraction of sp³-hybridized carbons (Fsp3) is 0.385. The van der Waals surface area contributed by atoms with Gasteiger partial charge in [0.1, 0.15) is 17.1 Å². The molecular formula is C26H29F3N4O. The van der Waals surface area contributed by atoms with Crippen molar-refractivity contribution in [3.05, 3.63) is 65.9 Å². The van der Waals surface area contributed by atoms with Crippen LogP contribution in [-0.4, -0.2) is 16.6 Å². The minimum Gasteiger partial charge on any atom is -0.493 e. The van der Waals surface area contributed by atoms with Crippen LogP contribution in [-0.2, 0) is 6.18 Å². The number of ether oxygens (including phenoxy) is 1. The second-order valence-electron chi connectivity index (χ2n) is 9.04. The standard InChI is InChI=1S/C26H29F3N4O/c1-17(2)16-34-22-13-11-21(12-14-22)32-25-30-15-23(26(27,28)29)24(33-25)31-20-9-7-19(8-10-20)18-5-3-4-6-18/h7-15,17-18H,3-6,16H2,1-2H3,(H2,30,31,32,33). The number of alkyl halides is 3. The van der Waals surface area contributed by atoms with Crippen LogP contribution in [0.5, 0.6) is 5.75 Å². The topological polar surface area (TPSA) is 59.1 Å². The van der Waals surface area contributed by atoms with E-state index in [9.17, 15) is 13.2 Å². The summed E-state index contributed by atoms with van der Waals surface area (Å²) >= 11 is 0. The summed E-state index contributed by atoms with van der Waals surface area (Å²) in [4.78, 5) is 8.00. The second kappa shape index (κ2) is 10.3. The summed E-state index contributed by atoms with van der Waals surface area (Å²) in [5.74, 6) is 1.43. The first-order chi connectivity index (χ1) is 16.3. The number of rotatable bonds is 8. The van der Waals surface area contributed by atoms with Crippen molar-refractivity contribution in [3.8, 4) is 5.75 Å². The van der Waals surface area contributed by atoms with Crippen LogP contribution < -0.4 is 15.4 Å². The monoisotopic (exact) mass is 470 g/mol. The van der Waals surface area contributed by atoms with Crippen molar-refractivity contribution in [3.63, 3.8) is 0 Å². The maximum atomic E-state index is 13.6. The summed E-state index contributed by atoms with van der Waals surface area (Å²) < 4.78 is 46.5. The van der Waals surface area contributed by atoms with Crippen LogP contribution in [0.4, 0.5) is 36.3 Å². The van der Waals surface area contributed by atoms with E-state index in [-0.39, 0.29) is 11.8 Å². The lowest BCUT2D eigenvalue weighted by atomic mass is 9.97. The van der Waals surface area contributed by atoms with Crippen LogP contribution in [0.3, 0.4) is 0 Å². The highest BCUT2D eigenvalue weighted by molar-refractivity contribution is 5.63.